The van der Waals surface area contributed by atoms with E-state index >= 15 is 0 Å². The lowest BCUT2D eigenvalue weighted by molar-refractivity contribution is 0.295. The molecule has 1 saturated heterocycles. The van der Waals surface area contributed by atoms with Crippen molar-refractivity contribution in [1.29, 1.82) is 0 Å². The Labute approximate surface area is 143 Å². The van der Waals surface area contributed by atoms with E-state index in [-0.39, 0.29) is 0 Å². The molecule has 0 atom stereocenters. The van der Waals surface area contributed by atoms with Crippen LogP contribution >= 0.6 is 11.8 Å². The molecule has 0 aromatic heterocycles. The number of para-hydroxylation sites is 1. The fraction of sp³-hybridized carbons (Fsp3) is 0.300. The number of nitrogens with one attached hydrogen (secondary N) is 1. The molecule has 23 heavy (non-hydrogen) atoms. The number of rotatable bonds is 6. The van der Waals surface area contributed by atoms with E-state index in [0.717, 1.165) is 13.1 Å². The van der Waals surface area contributed by atoms with Crippen molar-refractivity contribution >= 4 is 23.5 Å². The molecule has 1 aliphatic heterocycles. The van der Waals surface area contributed by atoms with Crippen molar-refractivity contribution in [2.45, 2.75) is 6.54 Å². The summed E-state index contributed by atoms with van der Waals surface area (Å²) in [6.07, 6.45) is 4.35. The molecule has 0 aliphatic carbocycles. The van der Waals surface area contributed by atoms with Gasteiger partial charge >= 0.3 is 0 Å². The van der Waals surface area contributed by atoms with Crippen molar-refractivity contribution in [2.24, 2.45) is 0 Å². The second-order valence-corrected chi connectivity index (χ2v) is 6.96. The number of anilines is 1. The molecular weight excluding hydrogens is 300 g/mol. The van der Waals surface area contributed by atoms with E-state index < -0.39 is 0 Å². The summed E-state index contributed by atoms with van der Waals surface area (Å²) in [4.78, 5) is 2.55. The van der Waals surface area contributed by atoms with Gasteiger partial charge in [0.05, 0.1) is 0 Å². The third-order valence-corrected chi connectivity index (χ3v) is 4.98. The first-order valence-corrected chi connectivity index (χ1v) is 9.41. The van der Waals surface area contributed by atoms with Crippen LogP contribution < -0.4 is 5.32 Å². The van der Waals surface area contributed by atoms with Gasteiger partial charge in [-0.1, -0.05) is 60.7 Å². The normalized spacial score (nSPS) is 15.8. The zero-order chi connectivity index (χ0) is 15.7. The van der Waals surface area contributed by atoms with Crippen molar-refractivity contribution in [2.75, 3.05) is 36.5 Å². The van der Waals surface area contributed by atoms with Crippen molar-refractivity contribution in [3.05, 3.63) is 71.8 Å². The van der Waals surface area contributed by atoms with Crippen molar-refractivity contribution < 1.29 is 0 Å². The summed E-state index contributed by atoms with van der Waals surface area (Å²) in [5.41, 5.74) is 3.89. The Morgan fingerprint density at radius 3 is 2.52 bits per heavy atom. The fourth-order valence-corrected chi connectivity index (χ4v) is 3.74. The molecule has 1 aliphatic rings. The number of hydrogen-bond acceptors (Lipinski definition) is 3. The van der Waals surface area contributed by atoms with Crippen LogP contribution in [0.25, 0.3) is 6.08 Å². The number of benzene rings is 2. The van der Waals surface area contributed by atoms with Crippen LogP contribution in [0.1, 0.15) is 11.1 Å². The van der Waals surface area contributed by atoms with Crippen LogP contribution in [0.2, 0.25) is 0 Å². The number of nitrogens with zero attached hydrogens (tertiary/aromatic N) is 1. The highest BCUT2D eigenvalue weighted by atomic mass is 32.2. The van der Waals surface area contributed by atoms with E-state index in [1.54, 1.807) is 0 Å². The highest BCUT2D eigenvalue weighted by Gasteiger charge is 2.12. The topological polar surface area (TPSA) is 15.3 Å². The van der Waals surface area contributed by atoms with Crippen molar-refractivity contribution in [1.82, 2.24) is 4.90 Å². The number of thioether (sulfide) groups is 1. The molecule has 0 radical (unpaired) electrons. The lowest BCUT2D eigenvalue weighted by Crippen LogP contribution is -2.32. The van der Waals surface area contributed by atoms with E-state index in [0.29, 0.717) is 0 Å². The maximum atomic E-state index is 3.55. The van der Waals surface area contributed by atoms with Gasteiger partial charge in [-0.2, -0.15) is 11.8 Å². The summed E-state index contributed by atoms with van der Waals surface area (Å²) in [7, 11) is 0. The first kappa shape index (κ1) is 16.2. The second kappa shape index (κ2) is 8.80. The van der Waals surface area contributed by atoms with E-state index in [2.05, 4.69) is 82.7 Å². The predicted molar refractivity (Wildman–Crippen MR) is 103 cm³/mol. The van der Waals surface area contributed by atoms with Gasteiger partial charge in [-0.05, 0) is 17.2 Å². The van der Waals surface area contributed by atoms with Gasteiger partial charge in [0.2, 0.25) is 0 Å². The van der Waals surface area contributed by atoms with Crippen LogP contribution in [0.4, 0.5) is 5.69 Å². The Balaban J connectivity index is 1.56. The van der Waals surface area contributed by atoms with Crippen molar-refractivity contribution in [3.8, 4) is 0 Å². The Morgan fingerprint density at radius 1 is 0.957 bits per heavy atom. The molecule has 1 N–H and O–H groups in total. The van der Waals surface area contributed by atoms with Crippen molar-refractivity contribution in [3.63, 3.8) is 0 Å². The minimum atomic E-state index is 0.849. The van der Waals surface area contributed by atoms with Gasteiger partial charge in [0.25, 0.3) is 0 Å². The van der Waals surface area contributed by atoms with Gasteiger partial charge in [-0.25, -0.2) is 0 Å². The summed E-state index contributed by atoms with van der Waals surface area (Å²) < 4.78 is 0. The molecule has 0 saturated carbocycles. The van der Waals surface area contributed by atoms with Crippen LogP contribution in [-0.4, -0.2) is 36.0 Å². The lowest BCUT2D eigenvalue weighted by Gasteiger charge is -2.27. The molecule has 0 unspecified atom stereocenters. The monoisotopic (exact) mass is 324 g/mol. The highest BCUT2D eigenvalue weighted by Crippen LogP contribution is 2.19. The third-order valence-electron chi connectivity index (χ3n) is 4.04. The largest absolute Gasteiger partial charge is 0.381 e. The highest BCUT2D eigenvalue weighted by molar-refractivity contribution is 7.99. The first-order chi connectivity index (χ1) is 11.4. The molecule has 3 rings (SSSR count). The van der Waals surface area contributed by atoms with Crippen LogP contribution in [0, 0.1) is 0 Å². The van der Waals surface area contributed by atoms with Crippen LogP contribution in [-0.2, 0) is 6.54 Å². The molecular formula is C20H24N2S. The zero-order valence-electron chi connectivity index (χ0n) is 13.4. The van der Waals surface area contributed by atoms with E-state index in [4.69, 9.17) is 0 Å². The lowest BCUT2D eigenvalue weighted by atomic mass is 10.1. The van der Waals surface area contributed by atoms with Gasteiger partial charge in [-0.15, -0.1) is 0 Å². The molecule has 2 aromatic carbocycles. The molecule has 2 nitrogen and oxygen atoms in total. The van der Waals surface area contributed by atoms with Crippen LogP contribution in [0.15, 0.2) is 60.7 Å². The second-order valence-electron chi connectivity index (χ2n) is 5.74. The minimum absolute atomic E-state index is 0.849. The summed E-state index contributed by atoms with van der Waals surface area (Å²) in [5, 5.41) is 3.55. The molecule has 1 fully saturated rings. The van der Waals surface area contributed by atoms with E-state index in [9.17, 15) is 0 Å². The smallest absolute Gasteiger partial charge is 0.0388 e. The minimum Gasteiger partial charge on any atom is -0.381 e. The van der Waals surface area contributed by atoms with Crippen LogP contribution in [0.5, 0.6) is 0 Å². The maximum Gasteiger partial charge on any atom is 0.0388 e. The number of hydrogen-bond donors (Lipinski definition) is 1. The Kier molecular flexibility index (Phi) is 6.18. The molecule has 0 spiro atoms. The molecule has 0 bridgehead atoms. The Bertz CT molecular complexity index is 619. The first-order valence-electron chi connectivity index (χ1n) is 8.25. The molecule has 0 amide bonds. The summed E-state index contributed by atoms with van der Waals surface area (Å²) in [6, 6.07) is 19.1. The van der Waals surface area contributed by atoms with Gasteiger partial charge in [-0.3, -0.25) is 4.90 Å². The molecule has 2 aromatic rings. The summed E-state index contributed by atoms with van der Waals surface area (Å²) in [5.74, 6) is 2.52. The van der Waals surface area contributed by atoms with Gasteiger partial charge in [0.1, 0.15) is 0 Å². The molecule has 120 valence electrons. The quantitative estimate of drug-likeness (QED) is 0.850. The zero-order valence-corrected chi connectivity index (χ0v) is 14.3. The Hall–Kier alpha value is -1.71. The van der Waals surface area contributed by atoms with Crippen LogP contribution in [0.3, 0.4) is 0 Å². The van der Waals surface area contributed by atoms with E-state index in [1.165, 1.54) is 41.4 Å². The maximum absolute atomic E-state index is 3.55. The summed E-state index contributed by atoms with van der Waals surface area (Å²) in [6.45, 7) is 4.30. The predicted octanol–water partition coefficient (Wildman–Crippen LogP) is 4.36. The van der Waals surface area contributed by atoms with Gasteiger partial charge < -0.3 is 5.32 Å². The van der Waals surface area contributed by atoms with Gasteiger partial charge in [0, 0.05) is 43.4 Å². The molecule has 3 heteroatoms. The molecule has 1 heterocycles. The summed E-state index contributed by atoms with van der Waals surface area (Å²) >= 11 is 2.06. The van der Waals surface area contributed by atoms with Gasteiger partial charge in [0.15, 0.2) is 0 Å². The standard InChI is InChI=1S/C20H24N2S/c1-2-7-18(8-3-1)9-6-12-21-20-11-5-4-10-19(20)17-22-13-15-23-16-14-22/h1-11,21H,12-17H2/b9-6+. The third kappa shape index (κ3) is 5.15. The Morgan fingerprint density at radius 2 is 1.70 bits per heavy atom. The average molecular weight is 324 g/mol. The fourth-order valence-electron chi connectivity index (χ4n) is 2.76. The van der Waals surface area contributed by atoms with E-state index in [1.807, 2.05) is 6.07 Å². The average Bonchev–Trinajstić information content (AvgIpc) is 2.62. The SMILES string of the molecule is C(=C\c1ccccc1)/CNc1ccccc1CN1CCSCC1.